The Morgan fingerprint density at radius 1 is 1.50 bits per heavy atom. The lowest BCUT2D eigenvalue weighted by Gasteiger charge is -2.22. The van der Waals surface area contributed by atoms with Crippen LogP contribution in [0.25, 0.3) is 0 Å². The van der Waals surface area contributed by atoms with Crippen molar-refractivity contribution in [1.29, 1.82) is 0 Å². The second kappa shape index (κ2) is 5.48. The van der Waals surface area contributed by atoms with Crippen molar-refractivity contribution >= 4 is 15.8 Å². The van der Waals surface area contributed by atoms with Crippen LogP contribution in [0.15, 0.2) is 11.6 Å². The number of hydrogen-bond acceptors (Lipinski definition) is 4. The molecule has 0 saturated heterocycles. The van der Waals surface area contributed by atoms with Crippen LogP contribution < -0.4 is 0 Å². The Morgan fingerprint density at radius 3 is 2.75 bits per heavy atom. The van der Waals surface area contributed by atoms with Gasteiger partial charge < -0.3 is 4.74 Å². The van der Waals surface area contributed by atoms with Crippen LogP contribution >= 0.6 is 0 Å². The fourth-order valence-electron chi connectivity index (χ4n) is 1.85. The predicted octanol–water partition coefficient (Wildman–Crippen LogP) is 1.46. The molecule has 1 unspecified atom stereocenters. The van der Waals surface area contributed by atoms with Gasteiger partial charge in [-0.25, -0.2) is 13.2 Å². The topological polar surface area (TPSA) is 60.4 Å². The van der Waals surface area contributed by atoms with Gasteiger partial charge in [0.15, 0.2) is 9.84 Å². The summed E-state index contributed by atoms with van der Waals surface area (Å²) in [6, 6.07) is 0. The minimum Gasteiger partial charge on any atom is -0.463 e. The van der Waals surface area contributed by atoms with Gasteiger partial charge in [-0.1, -0.05) is 13.0 Å². The lowest BCUT2D eigenvalue weighted by molar-refractivity contribution is -0.138. The van der Waals surface area contributed by atoms with Crippen LogP contribution in [0.5, 0.6) is 0 Å². The summed E-state index contributed by atoms with van der Waals surface area (Å²) in [6.45, 7) is 3.59. The summed E-state index contributed by atoms with van der Waals surface area (Å²) in [6.07, 6.45) is 3.80. The highest BCUT2D eigenvalue weighted by Gasteiger charge is 2.33. The fourth-order valence-corrected chi connectivity index (χ4v) is 3.36. The van der Waals surface area contributed by atoms with E-state index in [1.54, 1.807) is 19.9 Å². The van der Waals surface area contributed by atoms with Crippen LogP contribution in [0.4, 0.5) is 0 Å². The average Bonchev–Trinajstić information content (AvgIpc) is 2.29. The van der Waals surface area contributed by atoms with Gasteiger partial charge >= 0.3 is 5.97 Å². The summed E-state index contributed by atoms with van der Waals surface area (Å²) in [5.41, 5.74) is 0.329. The Morgan fingerprint density at radius 2 is 2.19 bits per heavy atom. The molecule has 0 fully saturated rings. The lowest BCUT2D eigenvalue weighted by atomic mass is 9.99. The maximum atomic E-state index is 11.8. The van der Waals surface area contributed by atoms with Gasteiger partial charge in [0.1, 0.15) is 0 Å². The van der Waals surface area contributed by atoms with Crippen LogP contribution in [0.1, 0.15) is 33.1 Å². The molecule has 0 aromatic carbocycles. The number of carbonyl (C=O) groups excluding carboxylic acids is 1. The van der Waals surface area contributed by atoms with Crippen molar-refractivity contribution in [3.63, 3.8) is 0 Å². The van der Waals surface area contributed by atoms with E-state index in [-0.39, 0.29) is 12.4 Å². The van der Waals surface area contributed by atoms with Crippen LogP contribution in [-0.4, -0.2) is 32.0 Å². The van der Waals surface area contributed by atoms with Crippen LogP contribution in [-0.2, 0) is 19.4 Å². The maximum Gasteiger partial charge on any atom is 0.335 e. The first-order valence-corrected chi connectivity index (χ1v) is 7.33. The first-order valence-electron chi connectivity index (χ1n) is 5.61. The Hall–Kier alpha value is -0.840. The van der Waals surface area contributed by atoms with E-state index in [0.717, 1.165) is 12.8 Å². The number of ether oxygens (including phenoxy) is 1. The van der Waals surface area contributed by atoms with Crippen molar-refractivity contribution in [1.82, 2.24) is 0 Å². The summed E-state index contributed by atoms with van der Waals surface area (Å²) >= 11 is 0. The lowest BCUT2D eigenvalue weighted by Crippen LogP contribution is -2.31. The van der Waals surface area contributed by atoms with Crippen molar-refractivity contribution in [2.45, 2.75) is 38.4 Å². The summed E-state index contributed by atoms with van der Waals surface area (Å²) in [7, 11) is -3.20. The minimum atomic E-state index is -3.20. The van der Waals surface area contributed by atoms with E-state index in [0.29, 0.717) is 12.0 Å². The molecule has 0 aliphatic heterocycles. The SMILES string of the molecule is CCOC(=O)C1=CCCCC1S(=O)(=O)CC. The first kappa shape index (κ1) is 13.2. The molecule has 0 amide bonds. The number of rotatable bonds is 4. The molecule has 92 valence electrons. The summed E-state index contributed by atoms with van der Waals surface area (Å²) in [4.78, 5) is 11.6. The van der Waals surface area contributed by atoms with E-state index in [4.69, 9.17) is 4.74 Å². The van der Waals surface area contributed by atoms with Gasteiger partial charge in [0.25, 0.3) is 0 Å². The quantitative estimate of drug-likeness (QED) is 0.705. The molecule has 0 aromatic heterocycles. The molecule has 0 saturated carbocycles. The second-order valence-electron chi connectivity index (χ2n) is 3.75. The van der Waals surface area contributed by atoms with Gasteiger partial charge in [-0.2, -0.15) is 0 Å². The van der Waals surface area contributed by atoms with Crippen molar-refractivity contribution < 1.29 is 17.9 Å². The third kappa shape index (κ3) is 2.84. The van der Waals surface area contributed by atoms with E-state index in [2.05, 4.69) is 0 Å². The normalized spacial score (nSPS) is 21.4. The molecule has 0 radical (unpaired) electrons. The Kier molecular flexibility index (Phi) is 4.53. The van der Waals surface area contributed by atoms with Gasteiger partial charge in [-0.15, -0.1) is 0 Å². The largest absolute Gasteiger partial charge is 0.463 e. The zero-order valence-corrected chi connectivity index (χ0v) is 10.5. The number of hydrogen-bond donors (Lipinski definition) is 0. The number of sulfone groups is 1. The maximum absolute atomic E-state index is 11.8. The molecule has 16 heavy (non-hydrogen) atoms. The molecule has 4 nitrogen and oxygen atoms in total. The van der Waals surface area contributed by atoms with E-state index < -0.39 is 21.1 Å². The predicted molar refractivity (Wildman–Crippen MR) is 61.8 cm³/mol. The zero-order valence-electron chi connectivity index (χ0n) is 9.73. The standard InChI is InChI=1S/C11H18O4S/c1-3-15-11(12)9-7-5-6-8-10(9)16(13,14)4-2/h7,10H,3-6,8H2,1-2H3. The van der Waals surface area contributed by atoms with E-state index in [1.807, 2.05) is 0 Å². The van der Waals surface area contributed by atoms with Crippen LogP contribution in [0, 0.1) is 0 Å². The monoisotopic (exact) mass is 246 g/mol. The smallest absolute Gasteiger partial charge is 0.335 e. The van der Waals surface area contributed by atoms with Crippen molar-refractivity contribution in [2.24, 2.45) is 0 Å². The second-order valence-corrected chi connectivity index (χ2v) is 6.22. The van der Waals surface area contributed by atoms with Gasteiger partial charge in [0.05, 0.1) is 17.4 Å². The number of allylic oxidation sites excluding steroid dienone is 1. The van der Waals surface area contributed by atoms with Crippen LogP contribution in [0.3, 0.4) is 0 Å². The molecular formula is C11H18O4S. The van der Waals surface area contributed by atoms with Gasteiger partial charge in [-0.05, 0) is 26.2 Å². The molecule has 1 aliphatic carbocycles. The Labute approximate surface area is 96.6 Å². The molecule has 1 rings (SSSR count). The molecule has 0 heterocycles. The van der Waals surface area contributed by atoms with Crippen molar-refractivity contribution in [2.75, 3.05) is 12.4 Å². The van der Waals surface area contributed by atoms with Gasteiger partial charge in [0, 0.05) is 5.75 Å². The van der Waals surface area contributed by atoms with E-state index in [9.17, 15) is 13.2 Å². The molecule has 0 bridgehead atoms. The molecule has 0 aromatic rings. The molecule has 1 atom stereocenters. The Balaban J connectivity index is 2.96. The average molecular weight is 246 g/mol. The highest BCUT2D eigenvalue weighted by molar-refractivity contribution is 7.92. The molecule has 5 heteroatoms. The van der Waals surface area contributed by atoms with E-state index in [1.165, 1.54) is 0 Å². The molecule has 1 aliphatic rings. The zero-order chi connectivity index (χ0) is 12.2. The fraction of sp³-hybridized carbons (Fsp3) is 0.727. The number of esters is 1. The highest BCUT2D eigenvalue weighted by atomic mass is 32.2. The number of carbonyl (C=O) groups is 1. The van der Waals surface area contributed by atoms with Gasteiger partial charge in [-0.3, -0.25) is 0 Å². The molecule has 0 N–H and O–H groups in total. The highest BCUT2D eigenvalue weighted by Crippen LogP contribution is 2.26. The summed E-state index contributed by atoms with van der Waals surface area (Å²) in [5.74, 6) is -0.418. The van der Waals surface area contributed by atoms with Crippen molar-refractivity contribution in [3.05, 3.63) is 11.6 Å². The first-order chi connectivity index (χ1) is 7.53. The molecule has 0 spiro atoms. The third-order valence-corrected chi connectivity index (χ3v) is 4.89. The third-order valence-electron chi connectivity index (χ3n) is 2.73. The minimum absolute atomic E-state index is 0.0639. The summed E-state index contributed by atoms with van der Waals surface area (Å²) in [5, 5.41) is -0.662. The Bertz CT molecular complexity index is 381. The van der Waals surface area contributed by atoms with Crippen molar-refractivity contribution in [3.8, 4) is 0 Å². The van der Waals surface area contributed by atoms with Crippen LogP contribution in [0.2, 0.25) is 0 Å². The van der Waals surface area contributed by atoms with E-state index >= 15 is 0 Å². The van der Waals surface area contributed by atoms with Gasteiger partial charge in [0.2, 0.25) is 0 Å². The molecular weight excluding hydrogens is 228 g/mol. The summed E-state index contributed by atoms with van der Waals surface area (Å²) < 4.78 is 28.5.